The van der Waals surface area contributed by atoms with E-state index in [1.54, 1.807) is 11.8 Å². The third-order valence-electron chi connectivity index (χ3n) is 2.99. The van der Waals surface area contributed by atoms with Crippen LogP contribution >= 0.6 is 0 Å². The van der Waals surface area contributed by atoms with Gasteiger partial charge in [0.05, 0.1) is 0 Å². The van der Waals surface area contributed by atoms with Crippen molar-refractivity contribution in [3.05, 3.63) is 0 Å². The number of nitrogens with one attached hydrogen (secondary N) is 1. The molecule has 0 unspecified atom stereocenters. The van der Waals surface area contributed by atoms with Gasteiger partial charge in [0.2, 0.25) is 5.91 Å². The first-order chi connectivity index (χ1) is 7.20. The van der Waals surface area contributed by atoms with E-state index in [0.717, 1.165) is 12.8 Å². The molecule has 2 atom stereocenters. The first kappa shape index (κ1) is 10.4. The number of ether oxygens (including phenoxy) is 1. The fraction of sp³-hybridized carbons (Fsp3) is 0.800. The summed E-state index contributed by atoms with van der Waals surface area (Å²) in [7, 11) is 0. The molecule has 0 bridgehead atoms. The topological polar surface area (TPSA) is 58.6 Å². The molecule has 0 aromatic rings. The molecule has 0 aliphatic carbocycles. The minimum absolute atomic E-state index is 0.0325. The van der Waals surface area contributed by atoms with Crippen molar-refractivity contribution < 1.29 is 14.3 Å². The molecule has 2 amide bonds. The summed E-state index contributed by atoms with van der Waals surface area (Å²) in [6.07, 6.45) is 1.40. The smallest absolute Gasteiger partial charge is 0.252 e. The maximum Gasteiger partial charge on any atom is 0.252 e. The number of nitrogens with zero attached hydrogens (tertiary/aromatic N) is 1. The van der Waals surface area contributed by atoms with Gasteiger partial charge in [-0.05, 0) is 19.8 Å². The zero-order chi connectivity index (χ0) is 10.8. The van der Waals surface area contributed by atoms with Crippen LogP contribution in [0.2, 0.25) is 0 Å². The van der Waals surface area contributed by atoms with Crippen LogP contribution in [0.1, 0.15) is 19.8 Å². The van der Waals surface area contributed by atoms with Crippen molar-refractivity contribution in [3.8, 4) is 0 Å². The first-order valence-corrected chi connectivity index (χ1v) is 5.40. The largest absolute Gasteiger partial charge is 0.368 e. The van der Waals surface area contributed by atoms with Gasteiger partial charge in [0, 0.05) is 19.7 Å². The molecule has 1 N–H and O–H groups in total. The Morgan fingerprint density at radius 2 is 2.40 bits per heavy atom. The summed E-state index contributed by atoms with van der Waals surface area (Å²) in [5, 5.41) is 2.73. The maximum atomic E-state index is 12.0. The molecule has 5 heteroatoms. The number of rotatable bonds is 1. The number of amides is 2. The standard InChI is InChI=1S/C10H16N2O3/c1-7-9(13)11-4-5-12(7)10(14)8-3-2-6-15-8/h7-8H,2-6H2,1H3,(H,11,13)/t7-,8-/m1/s1. The number of hydrogen-bond donors (Lipinski definition) is 1. The first-order valence-electron chi connectivity index (χ1n) is 5.40. The Bertz CT molecular complexity index is 274. The van der Waals surface area contributed by atoms with Crippen LogP contribution in [0.3, 0.4) is 0 Å². The molecule has 0 saturated carbocycles. The van der Waals surface area contributed by atoms with E-state index in [-0.39, 0.29) is 24.0 Å². The van der Waals surface area contributed by atoms with E-state index in [4.69, 9.17) is 4.74 Å². The van der Waals surface area contributed by atoms with Crippen LogP contribution in [0.5, 0.6) is 0 Å². The van der Waals surface area contributed by atoms with E-state index in [2.05, 4.69) is 5.32 Å². The van der Waals surface area contributed by atoms with Gasteiger partial charge in [-0.25, -0.2) is 0 Å². The highest BCUT2D eigenvalue weighted by atomic mass is 16.5. The molecule has 2 aliphatic rings. The summed E-state index contributed by atoms with van der Waals surface area (Å²) >= 11 is 0. The molecule has 15 heavy (non-hydrogen) atoms. The van der Waals surface area contributed by atoms with Crippen molar-refractivity contribution >= 4 is 11.8 Å². The lowest BCUT2D eigenvalue weighted by atomic mass is 10.1. The molecule has 0 aromatic carbocycles. The average Bonchev–Trinajstić information content (AvgIpc) is 2.74. The van der Waals surface area contributed by atoms with Gasteiger partial charge >= 0.3 is 0 Å². The fourth-order valence-electron chi connectivity index (χ4n) is 2.04. The second kappa shape index (κ2) is 4.18. The van der Waals surface area contributed by atoms with Crippen LogP contribution < -0.4 is 5.32 Å². The molecule has 2 fully saturated rings. The van der Waals surface area contributed by atoms with Crippen molar-refractivity contribution in [1.29, 1.82) is 0 Å². The third kappa shape index (κ3) is 1.97. The van der Waals surface area contributed by atoms with E-state index < -0.39 is 0 Å². The average molecular weight is 212 g/mol. The van der Waals surface area contributed by atoms with Crippen molar-refractivity contribution in [2.45, 2.75) is 31.9 Å². The zero-order valence-corrected chi connectivity index (χ0v) is 8.86. The van der Waals surface area contributed by atoms with Gasteiger partial charge in [0.25, 0.3) is 5.91 Å². The van der Waals surface area contributed by atoms with Crippen molar-refractivity contribution in [3.63, 3.8) is 0 Å². The van der Waals surface area contributed by atoms with E-state index in [1.165, 1.54) is 0 Å². The zero-order valence-electron chi connectivity index (χ0n) is 8.86. The van der Waals surface area contributed by atoms with Crippen molar-refractivity contribution in [1.82, 2.24) is 10.2 Å². The number of carbonyl (C=O) groups is 2. The number of carbonyl (C=O) groups excluding carboxylic acids is 2. The van der Waals surface area contributed by atoms with E-state index in [9.17, 15) is 9.59 Å². The van der Waals surface area contributed by atoms with Gasteiger partial charge < -0.3 is 15.0 Å². The van der Waals surface area contributed by atoms with Crippen molar-refractivity contribution in [2.75, 3.05) is 19.7 Å². The minimum atomic E-state index is -0.365. The lowest BCUT2D eigenvalue weighted by Crippen LogP contribution is -2.57. The summed E-state index contributed by atoms with van der Waals surface area (Å²) in [6, 6.07) is -0.365. The summed E-state index contributed by atoms with van der Waals surface area (Å²) in [5.41, 5.74) is 0. The molecular formula is C10H16N2O3. The Hall–Kier alpha value is -1.10. The molecule has 2 rings (SSSR count). The number of piperazine rings is 1. The summed E-state index contributed by atoms with van der Waals surface area (Å²) in [6.45, 7) is 3.54. The fourth-order valence-corrected chi connectivity index (χ4v) is 2.04. The maximum absolute atomic E-state index is 12.0. The normalized spacial score (nSPS) is 31.5. The Labute approximate surface area is 88.8 Å². The van der Waals surface area contributed by atoms with Gasteiger partial charge in [0.1, 0.15) is 12.1 Å². The van der Waals surface area contributed by atoms with E-state index >= 15 is 0 Å². The van der Waals surface area contributed by atoms with Crippen LogP contribution in [0.25, 0.3) is 0 Å². The van der Waals surface area contributed by atoms with Gasteiger partial charge in [-0.1, -0.05) is 0 Å². The molecule has 2 saturated heterocycles. The van der Waals surface area contributed by atoms with Gasteiger partial charge in [0.15, 0.2) is 0 Å². The highest BCUT2D eigenvalue weighted by Crippen LogP contribution is 2.17. The minimum Gasteiger partial charge on any atom is -0.368 e. The predicted molar refractivity (Wildman–Crippen MR) is 53.2 cm³/mol. The van der Waals surface area contributed by atoms with Gasteiger partial charge in [-0.3, -0.25) is 9.59 Å². The molecule has 2 heterocycles. The molecule has 0 spiro atoms. The highest BCUT2D eigenvalue weighted by Gasteiger charge is 2.35. The van der Waals surface area contributed by atoms with Crippen LogP contribution in [-0.2, 0) is 14.3 Å². The van der Waals surface area contributed by atoms with Crippen LogP contribution in [0, 0.1) is 0 Å². The SMILES string of the molecule is C[C@@H]1C(=O)NCCN1C(=O)[C@H]1CCCO1. The van der Waals surface area contributed by atoms with E-state index in [1.807, 2.05) is 0 Å². The Balaban J connectivity index is 2.01. The molecule has 84 valence electrons. The monoisotopic (exact) mass is 212 g/mol. The summed E-state index contributed by atoms with van der Waals surface area (Å²) in [5.74, 6) is -0.109. The summed E-state index contributed by atoms with van der Waals surface area (Å²) < 4.78 is 5.33. The Morgan fingerprint density at radius 3 is 3.07 bits per heavy atom. The molecule has 0 radical (unpaired) electrons. The van der Waals surface area contributed by atoms with Crippen LogP contribution in [0.4, 0.5) is 0 Å². The van der Waals surface area contributed by atoms with Gasteiger partial charge in [-0.15, -0.1) is 0 Å². The predicted octanol–water partition coefficient (Wildman–Crippen LogP) is -0.488. The lowest BCUT2D eigenvalue weighted by Gasteiger charge is -2.34. The Morgan fingerprint density at radius 1 is 1.60 bits per heavy atom. The summed E-state index contributed by atoms with van der Waals surface area (Å²) in [4.78, 5) is 25.0. The van der Waals surface area contributed by atoms with Crippen LogP contribution in [-0.4, -0.2) is 48.6 Å². The van der Waals surface area contributed by atoms with Crippen LogP contribution in [0.15, 0.2) is 0 Å². The highest BCUT2D eigenvalue weighted by molar-refractivity contribution is 5.90. The van der Waals surface area contributed by atoms with Crippen molar-refractivity contribution in [2.24, 2.45) is 0 Å². The molecule has 5 nitrogen and oxygen atoms in total. The number of hydrogen-bond acceptors (Lipinski definition) is 3. The molecule has 2 aliphatic heterocycles. The Kier molecular flexibility index (Phi) is 2.90. The second-order valence-corrected chi connectivity index (χ2v) is 4.00. The molecule has 0 aromatic heterocycles. The second-order valence-electron chi connectivity index (χ2n) is 4.00. The van der Waals surface area contributed by atoms with E-state index in [0.29, 0.717) is 19.7 Å². The lowest BCUT2D eigenvalue weighted by molar-refractivity contribution is -0.149. The quantitative estimate of drug-likeness (QED) is 0.638. The van der Waals surface area contributed by atoms with Gasteiger partial charge in [-0.2, -0.15) is 0 Å². The molecular weight excluding hydrogens is 196 g/mol. The third-order valence-corrected chi connectivity index (χ3v) is 2.99.